The molecule has 0 aliphatic carbocycles. The summed E-state index contributed by atoms with van der Waals surface area (Å²) in [4.78, 5) is 4.18. The van der Waals surface area contributed by atoms with Crippen LogP contribution >= 0.6 is 11.3 Å². The summed E-state index contributed by atoms with van der Waals surface area (Å²) in [6, 6.07) is 4.03. The van der Waals surface area contributed by atoms with Crippen LogP contribution in [0.15, 0.2) is 18.3 Å². The number of aromatic nitrogens is 3. The molecular formula is C13H18N4OS. The van der Waals surface area contributed by atoms with E-state index < -0.39 is 0 Å². The van der Waals surface area contributed by atoms with E-state index in [4.69, 9.17) is 4.74 Å². The van der Waals surface area contributed by atoms with Gasteiger partial charge in [-0.3, -0.25) is 0 Å². The van der Waals surface area contributed by atoms with Crippen molar-refractivity contribution in [1.82, 2.24) is 20.5 Å². The highest BCUT2D eigenvalue weighted by Crippen LogP contribution is 2.31. The zero-order valence-electron chi connectivity index (χ0n) is 11.4. The van der Waals surface area contributed by atoms with Gasteiger partial charge in [0.05, 0.1) is 18.7 Å². The molecule has 2 aromatic rings. The van der Waals surface area contributed by atoms with Crippen LogP contribution in [0.25, 0.3) is 10.6 Å². The van der Waals surface area contributed by atoms with Crippen molar-refractivity contribution in [2.45, 2.75) is 26.3 Å². The highest BCUT2D eigenvalue weighted by atomic mass is 32.1. The number of nitrogens with one attached hydrogen (secondary N) is 1. The summed E-state index contributed by atoms with van der Waals surface area (Å²) in [6.07, 6.45) is 2.81. The van der Waals surface area contributed by atoms with Gasteiger partial charge in [0, 0.05) is 6.20 Å². The van der Waals surface area contributed by atoms with Crippen LogP contribution in [0.3, 0.4) is 0 Å². The maximum Gasteiger partial charge on any atom is 0.223 e. The van der Waals surface area contributed by atoms with E-state index in [1.54, 1.807) is 24.6 Å². The first kappa shape index (κ1) is 13.9. The zero-order valence-corrected chi connectivity index (χ0v) is 12.2. The number of nitrogens with zero attached hydrogens (tertiary/aromatic N) is 3. The molecule has 6 heteroatoms. The summed E-state index contributed by atoms with van der Waals surface area (Å²) in [7, 11) is 1.61. The molecule has 102 valence electrons. The minimum atomic E-state index is 0.217. The van der Waals surface area contributed by atoms with E-state index >= 15 is 0 Å². The molecule has 1 unspecified atom stereocenters. The van der Waals surface area contributed by atoms with Crippen LogP contribution in [0.4, 0.5) is 0 Å². The van der Waals surface area contributed by atoms with Crippen LogP contribution in [0.1, 0.15) is 31.3 Å². The number of pyridine rings is 1. The van der Waals surface area contributed by atoms with Crippen molar-refractivity contribution in [3.05, 3.63) is 23.3 Å². The summed E-state index contributed by atoms with van der Waals surface area (Å²) in [5.74, 6) is 0.583. The van der Waals surface area contributed by atoms with Gasteiger partial charge in [-0.15, -0.1) is 10.2 Å². The second kappa shape index (κ2) is 6.58. The van der Waals surface area contributed by atoms with Gasteiger partial charge in [0.1, 0.15) is 5.01 Å². The Morgan fingerprint density at radius 2 is 2.26 bits per heavy atom. The van der Waals surface area contributed by atoms with E-state index in [0.717, 1.165) is 28.5 Å². The molecule has 0 aliphatic rings. The average Bonchev–Trinajstić information content (AvgIpc) is 2.94. The number of hydrogen-bond donors (Lipinski definition) is 1. The van der Waals surface area contributed by atoms with Gasteiger partial charge in [-0.1, -0.05) is 18.3 Å². The highest BCUT2D eigenvalue weighted by molar-refractivity contribution is 7.14. The second-order valence-corrected chi connectivity index (χ2v) is 5.19. The van der Waals surface area contributed by atoms with Gasteiger partial charge in [-0.2, -0.15) is 0 Å². The highest BCUT2D eigenvalue weighted by Gasteiger charge is 2.15. The lowest BCUT2D eigenvalue weighted by atomic mass is 10.3. The predicted molar refractivity (Wildman–Crippen MR) is 76.4 cm³/mol. The first-order chi connectivity index (χ1) is 9.26. The molecule has 0 saturated carbocycles. The first-order valence-corrected chi connectivity index (χ1v) is 7.14. The van der Waals surface area contributed by atoms with E-state index in [1.165, 1.54) is 0 Å². The molecular weight excluding hydrogens is 260 g/mol. The fourth-order valence-electron chi connectivity index (χ4n) is 1.68. The molecule has 0 fully saturated rings. The van der Waals surface area contributed by atoms with Crippen molar-refractivity contribution in [2.75, 3.05) is 13.7 Å². The molecule has 2 rings (SSSR count). The van der Waals surface area contributed by atoms with Crippen molar-refractivity contribution in [3.63, 3.8) is 0 Å². The van der Waals surface area contributed by atoms with Crippen LogP contribution in [0.5, 0.6) is 5.88 Å². The fraction of sp³-hybridized carbons (Fsp3) is 0.462. The number of rotatable bonds is 6. The van der Waals surface area contributed by atoms with E-state index in [9.17, 15) is 0 Å². The molecule has 0 bridgehead atoms. The van der Waals surface area contributed by atoms with Gasteiger partial charge in [0.25, 0.3) is 0 Å². The third-order valence-electron chi connectivity index (χ3n) is 2.71. The summed E-state index contributed by atoms with van der Waals surface area (Å²) in [5, 5.41) is 13.7. The van der Waals surface area contributed by atoms with Crippen molar-refractivity contribution < 1.29 is 4.74 Å². The molecule has 2 heterocycles. The van der Waals surface area contributed by atoms with E-state index in [2.05, 4.69) is 34.3 Å². The molecule has 2 aromatic heterocycles. The van der Waals surface area contributed by atoms with Gasteiger partial charge >= 0.3 is 0 Å². The van der Waals surface area contributed by atoms with Crippen molar-refractivity contribution in [3.8, 4) is 16.5 Å². The van der Waals surface area contributed by atoms with Gasteiger partial charge in [0.15, 0.2) is 5.01 Å². The summed E-state index contributed by atoms with van der Waals surface area (Å²) < 4.78 is 5.25. The second-order valence-electron chi connectivity index (χ2n) is 4.18. The Hall–Kier alpha value is -1.53. The Kier molecular flexibility index (Phi) is 4.81. The van der Waals surface area contributed by atoms with E-state index in [1.807, 2.05) is 12.1 Å². The lowest BCUT2D eigenvalue weighted by Gasteiger charge is -2.08. The molecule has 0 amide bonds. The largest absolute Gasteiger partial charge is 0.480 e. The molecule has 1 atom stereocenters. The SMILES string of the molecule is CCCNC(C)c1nnc(-c2cccnc2OC)s1. The average molecular weight is 278 g/mol. The number of methoxy groups -OCH3 is 1. The maximum atomic E-state index is 5.25. The standard InChI is InChI=1S/C13H18N4OS/c1-4-7-14-9(2)12-16-17-13(19-12)10-6-5-8-15-11(10)18-3/h5-6,8-9,14H,4,7H2,1-3H3. The van der Waals surface area contributed by atoms with Crippen LogP contribution < -0.4 is 10.1 Å². The van der Waals surface area contributed by atoms with Gasteiger partial charge in [0.2, 0.25) is 5.88 Å². The fourth-order valence-corrected chi connectivity index (χ4v) is 2.57. The molecule has 0 spiro atoms. The minimum absolute atomic E-state index is 0.217. The van der Waals surface area contributed by atoms with Crippen LogP contribution in [0.2, 0.25) is 0 Å². The first-order valence-electron chi connectivity index (χ1n) is 6.32. The predicted octanol–water partition coefficient (Wildman–Crippen LogP) is 2.67. The Morgan fingerprint density at radius 3 is 3.00 bits per heavy atom. The van der Waals surface area contributed by atoms with Gasteiger partial charge in [-0.25, -0.2) is 4.98 Å². The normalized spacial score (nSPS) is 12.4. The zero-order chi connectivity index (χ0) is 13.7. The lowest BCUT2D eigenvalue weighted by Crippen LogP contribution is -2.18. The molecule has 1 N–H and O–H groups in total. The monoisotopic (exact) mass is 278 g/mol. The van der Waals surface area contributed by atoms with Crippen LogP contribution in [0, 0.1) is 0 Å². The summed E-state index contributed by atoms with van der Waals surface area (Å²) in [5.41, 5.74) is 0.886. The molecule has 0 aliphatic heterocycles. The van der Waals surface area contributed by atoms with E-state index in [0.29, 0.717) is 5.88 Å². The minimum Gasteiger partial charge on any atom is -0.480 e. The quantitative estimate of drug-likeness (QED) is 0.880. The third-order valence-corrected chi connectivity index (χ3v) is 3.85. The third kappa shape index (κ3) is 3.27. The van der Waals surface area contributed by atoms with E-state index in [-0.39, 0.29) is 6.04 Å². The molecule has 0 aromatic carbocycles. The van der Waals surface area contributed by atoms with Crippen molar-refractivity contribution in [1.29, 1.82) is 0 Å². The smallest absolute Gasteiger partial charge is 0.223 e. The maximum absolute atomic E-state index is 5.25. The molecule has 5 nitrogen and oxygen atoms in total. The number of hydrogen-bond acceptors (Lipinski definition) is 6. The Labute approximate surface area is 117 Å². The van der Waals surface area contributed by atoms with Crippen molar-refractivity contribution in [2.24, 2.45) is 0 Å². The molecule has 0 saturated heterocycles. The topological polar surface area (TPSA) is 59.9 Å². The Morgan fingerprint density at radius 1 is 1.42 bits per heavy atom. The van der Waals surface area contributed by atoms with Crippen LogP contribution in [-0.2, 0) is 0 Å². The Bertz CT molecular complexity index is 529. The molecule has 0 radical (unpaired) electrons. The van der Waals surface area contributed by atoms with Crippen molar-refractivity contribution >= 4 is 11.3 Å². The van der Waals surface area contributed by atoms with Crippen LogP contribution in [-0.4, -0.2) is 28.8 Å². The summed E-state index contributed by atoms with van der Waals surface area (Å²) >= 11 is 1.57. The van der Waals surface area contributed by atoms with Gasteiger partial charge in [-0.05, 0) is 32.0 Å². The number of ether oxygens (including phenoxy) is 1. The lowest BCUT2D eigenvalue weighted by molar-refractivity contribution is 0.399. The summed E-state index contributed by atoms with van der Waals surface area (Å²) in [6.45, 7) is 5.22. The Balaban J connectivity index is 2.20. The van der Waals surface area contributed by atoms with Gasteiger partial charge < -0.3 is 10.1 Å². The molecule has 19 heavy (non-hydrogen) atoms.